The third kappa shape index (κ3) is 3.67. The van der Waals surface area contributed by atoms with Crippen LogP contribution in [0.2, 0.25) is 0 Å². The van der Waals surface area contributed by atoms with E-state index in [0.29, 0.717) is 12.5 Å². The Kier molecular flexibility index (Phi) is 4.86. The van der Waals surface area contributed by atoms with Gasteiger partial charge in [-0.05, 0) is 43.0 Å². The number of rotatable bonds is 4. The van der Waals surface area contributed by atoms with Crippen LogP contribution in [0, 0.1) is 5.92 Å². The molecule has 0 radical (unpaired) electrons. The van der Waals surface area contributed by atoms with Crippen LogP contribution in [0.4, 0.5) is 10.5 Å². The number of hydrogen-bond donors (Lipinski definition) is 1. The zero-order valence-electron chi connectivity index (χ0n) is 13.9. The summed E-state index contributed by atoms with van der Waals surface area (Å²) in [5.74, 6) is 0.590. The van der Waals surface area contributed by atoms with Crippen molar-refractivity contribution in [1.82, 2.24) is 9.47 Å². The quantitative estimate of drug-likeness (QED) is 0.938. The average Bonchev–Trinajstić information content (AvgIpc) is 2.95. The molecule has 5 nitrogen and oxygen atoms in total. The first-order valence-electron chi connectivity index (χ1n) is 8.31. The molecule has 0 saturated carbocycles. The van der Waals surface area contributed by atoms with Gasteiger partial charge in [-0.3, -0.25) is 0 Å². The first kappa shape index (κ1) is 15.9. The molecule has 2 amide bonds. The maximum Gasteiger partial charge on any atom is 0.321 e. The number of piperidine rings is 1. The molecule has 2 heterocycles. The van der Waals surface area contributed by atoms with Gasteiger partial charge in [0.15, 0.2) is 0 Å². The molecule has 1 aliphatic rings. The molecule has 0 aliphatic carbocycles. The Balaban J connectivity index is 1.69. The number of fused-ring (bicyclic) bond motifs is 1. The Morgan fingerprint density at radius 1 is 1.39 bits per heavy atom. The largest absolute Gasteiger partial charge is 0.383 e. The summed E-state index contributed by atoms with van der Waals surface area (Å²) in [7, 11) is 1.71. The van der Waals surface area contributed by atoms with Gasteiger partial charge < -0.3 is 19.5 Å². The summed E-state index contributed by atoms with van der Waals surface area (Å²) in [6.07, 6.45) is 4.36. The zero-order valence-corrected chi connectivity index (χ0v) is 13.9. The van der Waals surface area contributed by atoms with Gasteiger partial charge in [0.1, 0.15) is 0 Å². The number of nitrogens with one attached hydrogen (secondary N) is 1. The maximum absolute atomic E-state index is 12.4. The van der Waals surface area contributed by atoms with Gasteiger partial charge in [0.25, 0.3) is 0 Å². The number of anilines is 1. The van der Waals surface area contributed by atoms with Crippen LogP contribution >= 0.6 is 0 Å². The van der Waals surface area contributed by atoms with Crippen molar-refractivity contribution < 1.29 is 9.53 Å². The summed E-state index contributed by atoms with van der Waals surface area (Å²) in [6.45, 7) is 5.42. The Hall–Kier alpha value is -2.01. The van der Waals surface area contributed by atoms with Crippen molar-refractivity contribution in [2.24, 2.45) is 5.92 Å². The number of nitrogens with zero attached hydrogens (tertiary/aromatic N) is 2. The number of ether oxygens (including phenoxy) is 1. The minimum absolute atomic E-state index is 0.00900. The summed E-state index contributed by atoms with van der Waals surface area (Å²) < 4.78 is 7.30. The van der Waals surface area contributed by atoms with Crippen LogP contribution in [0.1, 0.15) is 19.8 Å². The fourth-order valence-corrected chi connectivity index (χ4v) is 3.24. The highest BCUT2D eigenvalue weighted by molar-refractivity contribution is 5.93. The lowest BCUT2D eigenvalue weighted by Gasteiger charge is -2.30. The second kappa shape index (κ2) is 7.04. The number of benzene rings is 1. The molecule has 0 spiro atoms. The first-order valence-corrected chi connectivity index (χ1v) is 8.31. The Bertz CT molecular complexity index is 680. The number of amides is 2. The summed E-state index contributed by atoms with van der Waals surface area (Å²) in [5, 5.41) is 4.16. The SMILES string of the molecule is COCCn1ccc2cc(NC(=O)N3CCCC(C)C3)ccc21. The highest BCUT2D eigenvalue weighted by atomic mass is 16.5. The van der Waals surface area contributed by atoms with E-state index in [4.69, 9.17) is 4.74 Å². The molecule has 1 aliphatic heterocycles. The summed E-state index contributed by atoms with van der Waals surface area (Å²) >= 11 is 0. The normalized spacial score (nSPS) is 18.3. The summed E-state index contributed by atoms with van der Waals surface area (Å²) in [6, 6.07) is 8.14. The number of aromatic nitrogens is 1. The van der Waals surface area contributed by atoms with Gasteiger partial charge in [-0.1, -0.05) is 6.92 Å². The molecule has 1 unspecified atom stereocenters. The molecular formula is C18H25N3O2. The van der Waals surface area contributed by atoms with Crippen LogP contribution in [-0.2, 0) is 11.3 Å². The Morgan fingerprint density at radius 3 is 3.04 bits per heavy atom. The van der Waals surface area contributed by atoms with Crippen LogP contribution in [0.5, 0.6) is 0 Å². The third-order valence-corrected chi connectivity index (χ3v) is 4.50. The van der Waals surface area contributed by atoms with Gasteiger partial charge in [0.05, 0.1) is 6.61 Å². The monoisotopic (exact) mass is 315 g/mol. The molecule has 1 fully saturated rings. The smallest absolute Gasteiger partial charge is 0.321 e. The van der Waals surface area contributed by atoms with Gasteiger partial charge in [-0.15, -0.1) is 0 Å². The first-order chi connectivity index (χ1) is 11.2. The van der Waals surface area contributed by atoms with E-state index in [9.17, 15) is 4.79 Å². The van der Waals surface area contributed by atoms with Gasteiger partial charge >= 0.3 is 6.03 Å². The molecule has 2 aromatic rings. The van der Waals surface area contributed by atoms with Crippen LogP contribution in [-0.4, -0.2) is 42.3 Å². The minimum Gasteiger partial charge on any atom is -0.383 e. The topological polar surface area (TPSA) is 46.5 Å². The van der Waals surface area contributed by atoms with Crippen LogP contribution in [0.3, 0.4) is 0 Å². The fraction of sp³-hybridized carbons (Fsp3) is 0.500. The summed E-state index contributed by atoms with van der Waals surface area (Å²) in [4.78, 5) is 14.3. The van der Waals surface area contributed by atoms with Crippen molar-refractivity contribution in [2.75, 3.05) is 32.1 Å². The van der Waals surface area contributed by atoms with Crippen molar-refractivity contribution in [3.63, 3.8) is 0 Å². The van der Waals surface area contributed by atoms with E-state index >= 15 is 0 Å². The number of carbonyl (C=O) groups excluding carboxylic acids is 1. The van der Waals surface area contributed by atoms with Gasteiger partial charge in [0.2, 0.25) is 0 Å². The second-order valence-electron chi connectivity index (χ2n) is 6.40. The van der Waals surface area contributed by atoms with E-state index in [0.717, 1.165) is 42.6 Å². The minimum atomic E-state index is 0.00900. The molecule has 1 N–H and O–H groups in total. The van der Waals surface area contributed by atoms with Crippen LogP contribution in [0.25, 0.3) is 10.9 Å². The number of methoxy groups -OCH3 is 1. The molecule has 1 aromatic carbocycles. The van der Waals surface area contributed by atoms with Crippen molar-refractivity contribution in [3.05, 3.63) is 30.5 Å². The van der Waals surface area contributed by atoms with E-state index in [-0.39, 0.29) is 6.03 Å². The molecular weight excluding hydrogens is 290 g/mol. The van der Waals surface area contributed by atoms with Crippen LogP contribution < -0.4 is 5.32 Å². The lowest BCUT2D eigenvalue weighted by Crippen LogP contribution is -2.41. The van der Waals surface area contributed by atoms with Gasteiger partial charge in [0, 0.05) is 49.5 Å². The third-order valence-electron chi connectivity index (χ3n) is 4.50. The molecule has 0 bridgehead atoms. The highest BCUT2D eigenvalue weighted by Crippen LogP contribution is 2.22. The van der Waals surface area contributed by atoms with E-state index in [2.05, 4.69) is 35.1 Å². The summed E-state index contributed by atoms with van der Waals surface area (Å²) in [5.41, 5.74) is 2.01. The van der Waals surface area contributed by atoms with Gasteiger partial charge in [-0.2, -0.15) is 0 Å². The van der Waals surface area contributed by atoms with Crippen LogP contribution in [0.15, 0.2) is 30.5 Å². The average molecular weight is 315 g/mol. The molecule has 124 valence electrons. The molecule has 23 heavy (non-hydrogen) atoms. The van der Waals surface area contributed by atoms with Crippen molar-refractivity contribution in [1.29, 1.82) is 0 Å². The lowest BCUT2D eigenvalue weighted by molar-refractivity contribution is 0.182. The van der Waals surface area contributed by atoms with E-state index in [1.165, 1.54) is 6.42 Å². The lowest BCUT2D eigenvalue weighted by atomic mass is 10.0. The molecule has 1 saturated heterocycles. The number of urea groups is 1. The fourth-order valence-electron chi connectivity index (χ4n) is 3.24. The van der Waals surface area contributed by atoms with E-state index < -0.39 is 0 Å². The molecule has 3 rings (SSSR count). The van der Waals surface area contributed by atoms with E-state index in [1.54, 1.807) is 7.11 Å². The number of carbonyl (C=O) groups is 1. The highest BCUT2D eigenvalue weighted by Gasteiger charge is 2.20. The molecule has 5 heteroatoms. The van der Waals surface area contributed by atoms with Crippen molar-refractivity contribution in [3.8, 4) is 0 Å². The second-order valence-corrected chi connectivity index (χ2v) is 6.40. The van der Waals surface area contributed by atoms with Crippen molar-refractivity contribution >= 4 is 22.6 Å². The van der Waals surface area contributed by atoms with Crippen molar-refractivity contribution in [2.45, 2.75) is 26.3 Å². The molecule has 1 aromatic heterocycles. The predicted octanol–water partition coefficient (Wildman–Crippen LogP) is 3.55. The predicted molar refractivity (Wildman–Crippen MR) is 92.8 cm³/mol. The Labute approximate surface area is 137 Å². The standard InChI is InChI=1S/C18H25N3O2/c1-14-4-3-8-21(13-14)18(22)19-16-5-6-17-15(12-16)7-9-20(17)10-11-23-2/h5-7,9,12,14H,3-4,8,10-11,13H2,1-2H3,(H,19,22). The number of hydrogen-bond acceptors (Lipinski definition) is 2. The Morgan fingerprint density at radius 2 is 2.26 bits per heavy atom. The van der Waals surface area contributed by atoms with Gasteiger partial charge in [-0.25, -0.2) is 4.79 Å². The number of likely N-dealkylation sites (tertiary alicyclic amines) is 1. The molecule has 1 atom stereocenters. The zero-order chi connectivity index (χ0) is 16.2. The van der Waals surface area contributed by atoms with E-state index in [1.807, 2.05) is 17.0 Å². The maximum atomic E-state index is 12.4.